The van der Waals surface area contributed by atoms with Gasteiger partial charge in [0.2, 0.25) is 15.9 Å². The smallest absolute Gasteiger partial charge is 0.316 e. The summed E-state index contributed by atoms with van der Waals surface area (Å²) in [6.45, 7) is 0.469. The number of rotatable bonds is 3. The molecule has 23 heavy (non-hydrogen) atoms. The van der Waals surface area contributed by atoms with Gasteiger partial charge in [-0.25, -0.2) is 13.6 Å². The molecule has 1 saturated heterocycles. The molecule has 7 nitrogen and oxygen atoms in total. The average molecular weight is 356 g/mol. The van der Waals surface area contributed by atoms with E-state index in [4.69, 9.17) is 10.2 Å². The minimum Gasteiger partial charge on any atom is -0.480 e. The Hall–Kier alpha value is -1.58. The molecule has 2 aliphatic rings. The second-order valence-electron chi connectivity index (χ2n) is 5.60. The molecule has 0 spiro atoms. The van der Waals surface area contributed by atoms with E-state index in [1.165, 1.54) is 12.1 Å². The van der Waals surface area contributed by atoms with Crippen LogP contribution >= 0.6 is 11.8 Å². The molecule has 3 N–H and O–H groups in total. The number of aliphatic carboxylic acids is 1. The summed E-state index contributed by atoms with van der Waals surface area (Å²) in [6, 6.07) is 4.53. The minimum absolute atomic E-state index is 0.0292. The maximum atomic E-state index is 12.7. The number of amides is 1. The molecule has 1 fully saturated rings. The third-order valence-electron chi connectivity index (χ3n) is 4.12. The van der Waals surface area contributed by atoms with Crippen molar-refractivity contribution in [3.63, 3.8) is 0 Å². The number of primary sulfonamides is 1. The van der Waals surface area contributed by atoms with E-state index < -0.39 is 26.5 Å². The zero-order valence-corrected chi connectivity index (χ0v) is 13.8. The summed E-state index contributed by atoms with van der Waals surface area (Å²) < 4.78 is 23.0. The van der Waals surface area contributed by atoms with E-state index in [1.54, 1.807) is 11.0 Å². The van der Waals surface area contributed by atoms with E-state index in [0.717, 1.165) is 17.3 Å². The molecule has 1 aromatic rings. The first-order valence-corrected chi connectivity index (χ1v) is 9.61. The Kier molecular flexibility index (Phi) is 4.11. The monoisotopic (exact) mass is 356 g/mol. The highest BCUT2D eigenvalue weighted by molar-refractivity contribution is 8.02. The Morgan fingerprint density at radius 3 is 2.57 bits per heavy atom. The Labute approximate surface area is 137 Å². The van der Waals surface area contributed by atoms with Gasteiger partial charge in [0.1, 0.15) is 5.25 Å². The normalized spacial score (nSPS) is 23.8. The van der Waals surface area contributed by atoms with Crippen LogP contribution in [-0.4, -0.2) is 42.4 Å². The topological polar surface area (TPSA) is 118 Å². The van der Waals surface area contributed by atoms with Crippen LogP contribution < -0.4 is 10.0 Å². The van der Waals surface area contributed by atoms with Gasteiger partial charge in [-0.05, 0) is 37.0 Å². The molecular weight excluding hydrogens is 340 g/mol. The van der Waals surface area contributed by atoms with E-state index in [-0.39, 0.29) is 10.8 Å². The Morgan fingerprint density at radius 2 is 1.96 bits per heavy atom. The summed E-state index contributed by atoms with van der Waals surface area (Å²) in [7, 11) is -3.83. The number of nitrogens with zero attached hydrogens (tertiary/aromatic N) is 1. The van der Waals surface area contributed by atoms with Gasteiger partial charge in [-0.1, -0.05) is 6.07 Å². The van der Waals surface area contributed by atoms with Crippen LogP contribution in [0.2, 0.25) is 0 Å². The molecule has 0 bridgehead atoms. The third kappa shape index (κ3) is 3.08. The number of hydrogen-bond donors (Lipinski definition) is 2. The van der Waals surface area contributed by atoms with Crippen molar-refractivity contribution >= 4 is 39.3 Å². The van der Waals surface area contributed by atoms with Crippen molar-refractivity contribution in [2.24, 2.45) is 5.14 Å². The molecule has 0 saturated carbocycles. The summed E-state index contributed by atoms with van der Waals surface area (Å²) in [6.07, 6.45) is 1.63. The van der Waals surface area contributed by atoms with Gasteiger partial charge < -0.3 is 10.0 Å². The van der Waals surface area contributed by atoms with Crippen molar-refractivity contribution in [3.8, 4) is 0 Å². The quantitative estimate of drug-likeness (QED) is 0.817. The Bertz CT molecular complexity index is 777. The summed E-state index contributed by atoms with van der Waals surface area (Å²) in [5.74, 6) is -1.06. The summed E-state index contributed by atoms with van der Waals surface area (Å²) >= 11 is 1.16. The van der Waals surface area contributed by atoms with Crippen LogP contribution in [0.5, 0.6) is 0 Å². The van der Waals surface area contributed by atoms with Gasteiger partial charge in [0.05, 0.1) is 10.1 Å². The van der Waals surface area contributed by atoms with Gasteiger partial charge in [0.25, 0.3) is 0 Å². The molecule has 3 rings (SSSR count). The summed E-state index contributed by atoms with van der Waals surface area (Å²) in [5, 5.41) is 13.2. The fourth-order valence-electron chi connectivity index (χ4n) is 2.94. The maximum Gasteiger partial charge on any atom is 0.316 e. The number of sulfonamides is 1. The molecule has 0 aromatic heterocycles. The van der Waals surface area contributed by atoms with E-state index in [0.29, 0.717) is 31.5 Å². The lowest BCUT2D eigenvalue weighted by atomic mass is 10.1. The van der Waals surface area contributed by atoms with Gasteiger partial charge in [-0.2, -0.15) is 0 Å². The molecular formula is C14H16N2O5S2. The van der Waals surface area contributed by atoms with E-state index in [2.05, 4.69) is 0 Å². The highest BCUT2D eigenvalue weighted by Crippen LogP contribution is 2.38. The molecule has 0 radical (unpaired) electrons. The maximum absolute atomic E-state index is 12.7. The van der Waals surface area contributed by atoms with E-state index in [1.807, 2.05) is 0 Å². The number of nitrogens with two attached hydrogens (primary N) is 1. The number of hydrogen-bond acceptors (Lipinski definition) is 5. The SMILES string of the molecule is NS(=O)(=O)c1ccc2c(c1)N(C(=O)[C@@H]1CC[C@H](C(=O)O)S1)CC2. The number of fused-ring (bicyclic) bond motifs is 1. The number of carboxylic acid groups (broad SMARTS) is 1. The van der Waals surface area contributed by atoms with Crippen LogP contribution in [0.3, 0.4) is 0 Å². The largest absolute Gasteiger partial charge is 0.480 e. The molecule has 124 valence electrons. The van der Waals surface area contributed by atoms with Crippen molar-refractivity contribution < 1.29 is 23.1 Å². The first-order valence-electron chi connectivity index (χ1n) is 7.13. The van der Waals surface area contributed by atoms with Crippen LogP contribution in [0.1, 0.15) is 18.4 Å². The number of carbonyl (C=O) groups excluding carboxylic acids is 1. The van der Waals surface area contributed by atoms with Crippen molar-refractivity contribution in [3.05, 3.63) is 23.8 Å². The lowest BCUT2D eigenvalue weighted by Gasteiger charge is -2.21. The van der Waals surface area contributed by atoms with Crippen LogP contribution in [0.4, 0.5) is 5.69 Å². The van der Waals surface area contributed by atoms with Crippen molar-refractivity contribution in [2.45, 2.75) is 34.7 Å². The van der Waals surface area contributed by atoms with Gasteiger partial charge in [-0.3, -0.25) is 9.59 Å². The number of anilines is 1. The van der Waals surface area contributed by atoms with Crippen molar-refractivity contribution in [2.75, 3.05) is 11.4 Å². The third-order valence-corrected chi connectivity index (χ3v) is 6.56. The van der Waals surface area contributed by atoms with Gasteiger partial charge in [0.15, 0.2) is 0 Å². The zero-order valence-electron chi connectivity index (χ0n) is 12.1. The Balaban J connectivity index is 1.85. The predicted molar refractivity (Wildman–Crippen MR) is 85.9 cm³/mol. The minimum atomic E-state index is -3.83. The van der Waals surface area contributed by atoms with Crippen LogP contribution in [0.15, 0.2) is 23.1 Å². The Morgan fingerprint density at radius 1 is 1.26 bits per heavy atom. The first kappa shape index (κ1) is 16.3. The lowest BCUT2D eigenvalue weighted by molar-refractivity contribution is -0.136. The molecule has 2 heterocycles. The standard InChI is InChI=1S/C14H16N2O5S2/c15-23(20,21)9-2-1-8-5-6-16(10(8)7-9)13(17)11-3-4-12(22-11)14(18)19/h1-2,7,11-12H,3-6H2,(H,18,19)(H2,15,20,21)/t11-,12+/m0/s1. The average Bonchev–Trinajstić information content (AvgIpc) is 3.12. The van der Waals surface area contributed by atoms with Crippen LogP contribution in [0.25, 0.3) is 0 Å². The van der Waals surface area contributed by atoms with Crippen molar-refractivity contribution in [1.29, 1.82) is 0 Å². The zero-order chi connectivity index (χ0) is 16.8. The predicted octanol–water partition coefficient (Wildman–Crippen LogP) is 0.572. The first-order chi connectivity index (χ1) is 10.8. The van der Waals surface area contributed by atoms with Crippen molar-refractivity contribution in [1.82, 2.24) is 0 Å². The highest BCUT2D eigenvalue weighted by atomic mass is 32.2. The molecule has 0 unspecified atom stereocenters. The molecule has 0 aliphatic carbocycles. The molecule has 9 heteroatoms. The number of benzene rings is 1. The molecule has 2 atom stereocenters. The lowest BCUT2D eigenvalue weighted by Crippen LogP contribution is -2.35. The second-order valence-corrected chi connectivity index (χ2v) is 8.58. The second kappa shape index (κ2) is 5.81. The number of thioether (sulfide) groups is 1. The van der Waals surface area contributed by atoms with Gasteiger partial charge >= 0.3 is 5.97 Å². The molecule has 1 amide bonds. The van der Waals surface area contributed by atoms with Crippen LogP contribution in [-0.2, 0) is 26.0 Å². The number of carboxylic acids is 1. The van der Waals surface area contributed by atoms with Gasteiger partial charge in [-0.15, -0.1) is 11.8 Å². The fraction of sp³-hybridized carbons (Fsp3) is 0.429. The summed E-state index contributed by atoms with van der Waals surface area (Å²) in [5.41, 5.74) is 1.45. The summed E-state index contributed by atoms with van der Waals surface area (Å²) in [4.78, 5) is 25.2. The molecule has 1 aromatic carbocycles. The van der Waals surface area contributed by atoms with E-state index >= 15 is 0 Å². The number of carbonyl (C=O) groups is 2. The molecule has 2 aliphatic heterocycles. The van der Waals surface area contributed by atoms with Crippen LogP contribution in [0, 0.1) is 0 Å². The fourth-order valence-corrected chi connectivity index (χ4v) is 4.77. The van der Waals surface area contributed by atoms with Gasteiger partial charge in [0, 0.05) is 12.2 Å². The highest BCUT2D eigenvalue weighted by Gasteiger charge is 2.38. The van der Waals surface area contributed by atoms with E-state index in [9.17, 15) is 18.0 Å².